The van der Waals surface area contributed by atoms with Crippen LogP contribution in [0.5, 0.6) is 11.5 Å². The Morgan fingerprint density at radius 1 is 1.06 bits per heavy atom. The summed E-state index contributed by atoms with van der Waals surface area (Å²) in [6.07, 6.45) is 1.38. The van der Waals surface area contributed by atoms with Crippen LogP contribution in [0, 0.1) is 25.2 Å². The van der Waals surface area contributed by atoms with E-state index >= 15 is 0 Å². The van der Waals surface area contributed by atoms with E-state index in [-0.39, 0.29) is 33.0 Å². The molecule has 0 radical (unpaired) electrons. The van der Waals surface area contributed by atoms with Crippen molar-refractivity contribution < 1.29 is 22.1 Å². The number of benzene rings is 3. The molecule has 3 aromatic rings. The number of ether oxygens (including phenoxy) is 1. The number of hydrogen-bond acceptors (Lipinski definition) is 6. The molecule has 0 aromatic heterocycles. The molecule has 3 rings (SSSR count). The first-order valence-electron chi connectivity index (χ1n) is 10.6. The van der Waals surface area contributed by atoms with Crippen LogP contribution in [0.3, 0.4) is 0 Å². The summed E-state index contributed by atoms with van der Waals surface area (Å²) < 4.78 is 36.9. The fraction of sp³-hybridized carbons (Fsp3) is 0.154. The lowest BCUT2D eigenvalue weighted by Crippen LogP contribution is -2.13. The maximum atomic E-state index is 12.8. The van der Waals surface area contributed by atoms with Crippen LogP contribution >= 0.6 is 15.9 Å². The third-order valence-electron chi connectivity index (χ3n) is 4.82. The van der Waals surface area contributed by atoms with E-state index in [1.165, 1.54) is 24.3 Å². The molecule has 180 valence electrons. The lowest BCUT2D eigenvalue weighted by atomic mass is 10.1. The maximum absolute atomic E-state index is 12.8. The van der Waals surface area contributed by atoms with Crippen LogP contribution < -0.4 is 14.2 Å². The van der Waals surface area contributed by atoms with Crippen LogP contribution in [0.4, 0.5) is 5.69 Å². The van der Waals surface area contributed by atoms with E-state index in [0.29, 0.717) is 11.3 Å². The largest absolute Gasteiger partial charge is 0.490 e. The Morgan fingerprint density at radius 2 is 1.66 bits per heavy atom. The number of amides is 1. The molecule has 9 heteroatoms. The standard InChI is InChI=1S/C26H23BrN2O5S/c1-4-33-24-15-19(13-20(16-28)26(30)29-21-9-5-17(2)6-10-21)14-23(27)25(24)34-35(31,32)22-11-7-18(3)8-12-22/h5-15H,4H2,1-3H3,(H,29,30)/b20-13+. The van der Waals surface area contributed by atoms with E-state index in [1.54, 1.807) is 37.3 Å². The Hall–Kier alpha value is -3.61. The molecule has 0 spiro atoms. The molecule has 0 unspecified atom stereocenters. The molecule has 3 aromatic carbocycles. The number of hydrogen-bond donors (Lipinski definition) is 1. The van der Waals surface area contributed by atoms with Crippen molar-refractivity contribution in [2.24, 2.45) is 0 Å². The molecule has 0 heterocycles. The predicted octanol–water partition coefficient (Wildman–Crippen LogP) is 5.78. The molecule has 0 saturated heterocycles. The highest BCUT2D eigenvalue weighted by Gasteiger charge is 2.22. The van der Waals surface area contributed by atoms with Gasteiger partial charge in [-0.05, 0) is 84.7 Å². The predicted molar refractivity (Wildman–Crippen MR) is 138 cm³/mol. The van der Waals surface area contributed by atoms with Gasteiger partial charge in [0, 0.05) is 5.69 Å². The zero-order chi connectivity index (χ0) is 25.6. The molecular weight excluding hydrogens is 532 g/mol. The van der Waals surface area contributed by atoms with Crippen molar-refractivity contribution in [1.82, 2.24) is 0 Å². The Labute approximate surface area is 213 Å². The minimum Gasteiger partial charge on any atom is -0.490 e. The second-order valence-corrected chi connectivity index (χ2v) is 10.0. The second-order valence-electron chi connectivity index (χ2n) is 7.60. The van der Waals surface area contributed by atoms with Gasteiger partial charge in [0.25, 0.3) is 5.91 Å². The van der Waals surface area contributed by atoms with Gasteiger partial charge in [-0.3, -0.25) is 4.79 Å². The number of nitrogens with one attached hydrogen (secondary N) is 1. The monoisotopic (exact) mass is 554 g/mol. The number of nitriles is 1. The van der Waals surface area contributed by atoms with Crippen molar-refractivity contribution in [3.63, 3.8) is 0 Å². The highest BCUT2D eigenvalue weighted by molar-refractivity contribution is 9.10. The zero-order valence-corrected chi connectivity index (χ0v) is 21.7. The molecular formula is C26H23BrN2O5S. The molecule has 1 N–H and O–H groups in total. The van der Waals surface area contributed by atoms with Gasteiger partial charge in [-0.25, -0.2) is 0 Å². The topological polar surface area (TPSA) is 105 Å². The van der Waals surface area contributed by atoms with Gasteiger partial charge >= 0.3 is 10.1 Å². The van der Waals surface area contributed by atoms with Crippen LogP contribution in [-0.2, 0) is 14.9 Å². The maximum Gasteiger partial charge on any atom is 0.339 e. The van der Waals surface area contributed by atoms with Crippen LogP contribution in [0.1, 0.15) is 23.6 Å². The third-order valence-corrected chi connectivity index (χ3v) is 6.64. The molecule has 7 nitrogen and oxygen atoms in total. The number of rotatable bonds is 8. The van der Waals surface area contributed by atoms with Crippen LogP contribution in [0.2, 0.25) is 0 Å². The molecule has 1 amide bonds. The smallest absolute Gasteiger partial charge is 0.339 e. The first-order valence-corrected chi connectivity index (χ1v) is 12.8. The second kappa shape index (κ2) is 11.2. The zero-order valence-electron chi connectivity index (χ0n) is 19.3. The molecule has 0 bridgehead atoms. The van der Waals surface area contributed by atoms with E-state index < -0.39 is 16.0 Å². The van der Waals surface area contributed by atoms with Crippen molar-refractivity contribution in [1.29, 1.82) is 5.26 Å². The number of halogens is 1. The average Bonchev–Trinajstić information content (AvgIpc) is 2.81. The van der Waals surface area contributed by atoms with E-state index in [2.05, 4.69) is 21.2 Å². The van der Waals surface area contributed by atoms with Crippen molar-refractivity contribution in [3.05, 3.63) is 87.4 Å². The number of aryl methyl sites for hydroxylation is 2. The summed E-state index contributed by atoms with van der Waals surface area (Å²) in [5.74, 6) is -0.472. The quantitative estimate of drug-likeness (QED) is 0.215. The van der Waals surface area contributed by atoms with Gasteiger partial charge in [0.15, 0.2) is 11.5 Å². The summed E-state index contributed by atoms with van der Waals surface area (Å²) in [6, 6.07) is 18.4. The van der Waals surface area contributed by atoms with Crippen molar-refractivity contribution in [3.8, 4) is 17.6 Å². The first kappa shape index (κ1) is 26.0. The molecule has 0 fully saturated rings. The van der Waals surface area contributed by atoms with Gasteiger partial charge in [-0.1, -0.05) is 35.4 Å². The number of nitrogens with zero attached hydrogens (tertiary/aromatic N) is 1. The number of anilines is 1. The minimum atomic E-state index is -4.13. The summed E-state index contributed by atoms with van der Waals surface area (Å²) in [4.78, 5) is 12.6. The van der Waals surface area contributed by atoms with Crippen LogP contribution in [-0.4, -0.2) is 20.9 Å². The first-order chi connectivity index (χ1) is 16.6. The van der Waals surface area contributed by atoms with E-state index in [0.717, 1.165) is 11.1 Å². The van der Waals surface area contributed by atoms with Crippen LogP contribution in [0.15, 0.2) is 75.6 Å². The lowest BCUT2D eigenvalue weighted by Gasteiger charge is -2.15. The SMILES string of the molecule is CCOc1cc(/C=C(\C#N)C(=O)Nc2ccc(C)cc2)cc(Br)c1OS(=O)(=O)c1ccc(C)cc1. The summed E-state index contributed by atoms with van der Waals surface area (Å²) in [7, 11) is -4.13. The molecule has 0 atom stereocenters. The van der Waals surface area contributed by atoms with E-state index in [1.807, 2.05) is 32.0 Å². The molecule has 0 aliphatic rings. The molecule has 35 heavy (non-hydrogen) atoms. The Balaban J connectivity index is 1.93. The summed E-state index contributed by atoms with van der Waals surface area (Å²) in [6.45, 7) is 5.76. The number of carbonyl (C=O) groups is 1. The highest BCUT2D eigenvalue weighted by atomic mass is 79.9. The van der Waals surface area contributed by atoms with Gasteiger partial charge < -0.3 is 14.2 Å². The molecule has 0 saturated carbocycles. The Kier molecular flexibility index (Phi) is 8.33. The Bertz CT molecular complexity index is 1410. The van der Waals surface area contributed by atoms with Crippen molar-refractivity contribution >= 4 is 43.7 Å². The van der Waals surface area contributed by atoms with E-state index in [4.69, 9.17) is 8.92 Å². The summed E-state index contributed by atoms with van der Waals surface area (Å²) in [5.41, 5.74) is 2.81. The van der Waals surface area contributed by atoms with Crippen LogP contribution in [0.25, 0.3) is 6.08 Å². The molecule has 0 aliphatic carbocycles. The summed E-state index contributed by atoms with van der Waals surface area (Å²) >= 11 is 3.33. The fourth-order valence-corrected chi connectivity index (χ4v) is 4.63. The fourth-order valence-electron chi connectivity index (χ4n) is 3.03. The van der Waals surface area contributed by atoms with E-state index in [9.17, 15) is 18.5 Å². The summed E-state index contributed by atoms with van der Waals surface area (Å²) in [5, 5.41) is 12.2. The normalized spacial score (nSPS) is 11.5. The molecule has 0 aliphatic heterocycles. The van der Waals surface area contributed by atoms with Gasteiger partial charge in [-0.2, -0.15) is 13.7 Å². The Morgan fingerprint density at radius 3 is 2.23 bits per heavy atom. The highest BCUT2D eigenvalue weighted by Crippen LogP contribution is 2.39. The number of carbonyl (C=O) groups excluding carboxylic acids is 1. The van der Waals surface area contributed by atoms with Gasteiger partial charge in [0.05, 0.1) is 11.1 Å². The van der Waals surface area contributed by atoms with Gasteiger partial charge in [-0.15, -0.1) is 0 Å². The van der Waals surface area contributed by atoms with Crippen molar-refractivity contribution in [2.45, 2.75) is 25.7 Å². The average molecular weight is 555 g/mol. The minimum absolute atomic E-state index is 0.000893. The van der Waals surface area contributed by atoms with Gasteiger partial charge in [0.2, 0.25) is 0 Å². The van der Waals surface area contributed by atoms with Gasteiger partial charge in [0.1, 0.15) is 16.5 Å². The van der Waals surface area contributed by atoms with Crippen molar-refractivity contribution in [2.75, 3.05) is 11.9 Å². The lowest BCUT2D eigenvalue weighted by molar-refractivity contribution is -0.112. The third kappa shape index (κ3) is 6.72.